The van der Waals surface area contributed by atoms with Crippen LogP contribution in [-0.2, 0) is 0 Å². The Morgan fingerprint density at radius 3 is 1.96 bits per heavy atom. The molecule has 2 aliphatic rings. The summed E-state index contributed by atoms with van der Waals surface area (Å²) >= 11 is 0. The van der Waals surface area contributed by atoms with Crippen molar-refractivity contribution in [3.05, 3.63) is 59.7 Å². The van der Waals surface area contributed by atoms with Crippen molar-refractivity contribution in [2.24, 2.45) is 10.1 Å². The fraction of sp³-hybridized carbons (Fsp3) is 0.300. The number of rotatable bonds is 3. The number of nitrogens with zero attached hydrogens (tertiary/aromatic N) is 2. The Labute approximate surface area is 137 Å². The van der Waals surface area contributed by atoms with Crippen LogP contribution in [0.15, 0.2) is 58.6 Å². The van der Waals surface area contributed by atoms with Crippen LogP contribution in [-0.4, -0.2) is 18.1 Å². The second-order valence-corrected chi connectivity index (χ2v) is 6.25. The predicted octanol–water partition coefficient (Wildman–Crippen LogP) is 4.37. The molecule has 0 saturated heterocycles. The standard InChI is InChI=1S/C20H21N3/c1-2-8-15(9-3-1)21-14-22-23-20-18-12-6-4-10-16(18)17-11-5-7-13-19(17)20/h4-7,10-15H,1-3,8-9H2,(H,21,22). The Morgan fingerprint density at radius 2 is 1.35 bits per heavy atom. The minimum atomic E-state index is 0.472. The smallest absolute Gasteiger partial charge is 0.103 e. The highest BCUT2D eigenvalue weighted by Gasteiger charge is 2.23. The molecule has 1 N–H and O–H groups in total. The summed E-state index contributed by atoms with van der Waals surface area (Å²) in [6.07, 6.45) is 8.15. The summed E-state index contributed by atoms with van der Waals surface area (Å²) in [7, 11) is 0. The average molecular weight is 303 g/mol. The van der Waals surface area contributed by atoms with Crippen LogP contribution in [0.25, 0.3) is 11.1 Å². The van der Waals surface area contributed by atoms with Crippen molar-refractivity contribution in [1.82, 2.24) is 5.43 Å². The number of hydrogen-bond donors (Lipinski definition) is 1. The molecule has 1 fully saturated rings. The molecule has 3 nitrogen and oxygen atoms in total. The van der Waals surface area contributed by atoms with Gasteiger partial charge in [0.15, 0.2) is 0 Å². The van der Waals surface area contributed by atoms with Crippen molar-refractivity contribution in [1.29, 1.82) is 0 Å². The minimum Gasteiger partial charge on any atom is -0.271 e. The van der Waals surface area contributed by atoms with E-state index >= 15 is 0 Å². The molecular weight excluding hydrogens is 282 g/mol. The second-order valence-electron chi connectivity index (χ2n) is 6.25. The van der Waals surface area contributed by atoms with E-state index in [-0.39, 0.29) is 0 Å². The van der Waals surface area contributed by atoms with E-state index in [2.05, 4.69) is 64.1 Å². The highest BCUT2D eigenvalue weighted by atomic mass is 15.3. The Balaban J connectivity index is 1.57. The van der Waals surface area contributed by atoms with Crippen molar-refractivity contribution in [3.8, 4) is 11.1 Å². The average Bonchev–Trinajstić information content (AvgIpc) is 2.94. The molecule has 0 amide bonds. The van der Waals surface area contributed by atoms with Crippen LogP contribution in [0, 0.1) is 0 Å². The lowest BCUT2D eigenvalue weighted by molar-refractivity contribution is 0.443. The fourth-order valence-electron chi connectivity index (χ4n) is 3.58. The van der Waals surface area contributed by atoms with Gasteiger partial charge in [0, 0.05) is 11.1 Å². The molecule has 0 heterocycles. The minimum absolute atomic E-state index is 0.472. The Hall–Kier alpha value is -2.42. The van der Waals surface area contributed by atoms with Gasteiger partial charge in [-0.3, -0.25) is 10.4 Å². The van der Waals surface area contributed by atoms with E-state index in [9.17, 15) is 0 Å². The van der Waals surface area contributed by atoms with E-state index in [0.717, 1.165) is 5.71 Å². The van der Waals surface area contributed by atoms with Crippen LogP contribution in [0.2, 0.25) is 0 Å². The van der Waals surface area contributed by atoms with Gasteiger partial charge >= 0.3 is 0 Å². The van der Waals surface area contributed by atoms with Crippen LogP contribution in [0.1, 0.15) is 43.2 Å². The number of benzene rings is 2. The largest absolute Gasteiger partial charge is 0.271 e. The summed E-state index contributed by atoms with van der Waals surface area (Å²) in [4.78, 5) is 4.61. The summed E-state index contributed by atoms with van der Waals surface area (Å²) in [5.41, 5.74) is 8.95. The number of fused-ring (bicyclic) bond motifs is 3. The number of aliphatic imine (C=N–C) groups is 1. The molecule has 0 aromatic heterocycles. The summed E-state index contributed by atoms with van der Waals surface area (Å²) in [6.45, 7) is 0. The van der Waals surface area contributed by atoms with E-state index in [0.29, 0.717) is 6.04 Å². The molecule has 0 atom stereocenters. The molecule has 2 aromatic rings. The van der Waals surface area contributed by atoms with Gasteiger partial charge in [0.1, 0.15) is 6.34 Å². The number of hydrogen-bond acceptors (Lipinski definition) is 2. The molecule has 3 heteroatoms. The summed E-state index contributed by atoms with van der Waals surface area (Å²) < 4.78 is 0. The number of nitrogens with one attached hydrogen (secondary N) is 1. The molecule has 0 unspecified atom stereocenters. The first-order chi connectivity index (χ1) is 11.4. The summed E-state index contributed by atoms with van der Waals surface area (Å²) in [5.74, 6) is 0. The first-order valence-electron chi connectivity index (χ1n) is 8.47. The van der Waals surface area contributed by atoms with Crippen molar-refractivity contribution >= 4 is 12.1 Å². The van der Waals surface area contributed by atoms with E-state index in [1.54, 1.807) is 6.34 Å². The zero-order valence-electron chi connectivity index (χ0n) is 13.2. The summed E-state index contributed by atoms with van der Waals surface area (Å²) in [6, 6.07) is 17.3. The summed E-state index contributed by atoms with van der Waals surface area (Å²) in [5, 5.41) is 4.61. The van der Waals surface area contributed by atoms with E-state index in [4.69, 9.17) is 0 Å². The Bertz CT molecular complexity index is 707. The molecule has 1 saturated carbocycles. The van der Waals surface area contributed by atoms with Gasteiger partial charge in [0.2, 0.25) is 0 Å². The van der Waals surface area contributed by atoms with Crippen LogP contribution in [0.3, 0.4) is 0 Å². The lowest BCUT2D eigenvalue weighted by Gasteiger charge is -2.16. The SMILES string of the molecule is C(=NC1CCCCC1)NN=C1c2ccccc2-c2ccccc21. The zero-order chi connectivity index (χ0) is 15.5. The van der Waals surface area contributed by atoms with Gasteiger partial charge in [0.05, 0.1) is 11.8 Å². The quantitative estimate of drug-likeness (QED) is 0.435. The monoisotopic (exact) mass is 303 g/mol. The van der Waals surface area contributed by atoms with E-state index < -0.39 is 0 Å². The van der Waals surface area contributed by atoms with Crippen LogP contribution >= 0.6 is 0 Å². The highest BCUT2D eigenvalue weighted by Crippen LogP contribution is 2.36. The van der Waals surface area contributed by atoms with Crippen molar-refractivity contribution in [3.63, 3.8) is 0 Å². The topological polar surface area (TPSA) is 36.8 Å². The molecule has 2 aromatic carbocycles. The second kappa shape index (κ2) is 6.37. The third kappa shape index (κ3) is 2.79. The van der Waals surface area contributed by atoms with Crippen LogP contribution < -0.4 is 5.43 Å². The van der Waals surface area contributed by atoms with Gasteiger partial charge in [-0.25, -0.2) is 0 Å². The van der Waals surface area contributed by atoms with Gasteiger partial charge in [-0.1, -0.05) is 67.8 Å². The number of hydrazone groups is 1. The van der Waals surface area contributed by atoms with Crippen molar-refractivity contribution in [2.45, 2.75) is 38.1 Å². The lowest BCUT2D eigenvalue weighted by Crippen LogP contribution is -2.14. The third-order valence-electron chi connectivity index (χ3n) is 4.75. The maximum atomic E-state index is 4.61. The molecule has 116 valence electrons. The van der Waals surface area contributed by atoms with Gasteiger partial charge in [-0.05, 0) is 24.0 Å². The van der Waals surface area contributed by atoms with Gasteiger partial charge in [0.25, 0.3) is 0 Å². The zero-order valence-corrected chi connectivity index (χ0v) is 13.2. The van der Waals surface area contributed by atoms with Crippen LogP contribution in [0.5, 0.6) is 0 Å². The molecule has 0 spiro atoms. The first-order valence-corrected chi connectivity index (χ1v) is 8.47. The molecule has 4 rings (SSSR count). The predicted molar refractivity (Wildman–Crippen MR) is 96.0 cm³/mol. The maximum Gasteiger partial charge on any atom is 0.103 e. The molecule has 0 radical (unpaired) electrons. The lowest BCUT2D eigenvalue weighted by atomic mass is 9.96. The van der Waals surface area contributed by atoms with Gasteiger partial charge in [-0.15, -0.1) is 0 Å². The van der Waals surface area contributed by atoms with Crippen LogP contribution in [0.4, 0.5) is 0 Å². The van der Waals surface area contributed by atoms with Crippen molar-refractivity contribution in [2.75, 3.05) is 0 Å². The Morgan fingerprint density at radius 1 is 0.783 bits per heavy atom. The fourth-order valence-corrected chi connectivity index (χ4v) is 3.58. The highest BCUT2D eigenvalue weighted by molar-refractivity contribution is 6.24. The Kier molecular flexibility index (Phi) is 3.93. The molecule has 0 aliphatic heterocycles. The third-order valence-corrected chi connectivity index (χ3v) is 4.75. The van der Waals surface area contributed by atoms with Gasteiger partial charge in [-0.2, -0.15) is 5.10 Å². The first kappa shape index (κ1) is 14.2. The normalized spacial score (nSPS) is 17.1. The molecule has 0 bridgehead atoms. The molecule has 2 aliphatic carbocycles. The maximum absolute atomic E-state index is 4.61. The van der Waals surface area contributed by atoms with E-state index in [1.165, 1.54) is 54.4 Å². The van der Waals surface area contributed by atoms with Gasteiger partial charge < -0.3 is 0 Å². The molecule has 23 heavy (non-hydrogen) atoms. The van der Waals surface area contributed by atoms with E-state index in [1.807, 2.05) is 0 Å². The molecular formula is C20H21N3. The van der Waals surface area contributed by atoms with Crippen molar-refractivity contribution < 1.29 is 0 Å².